The Bertz CT molecular complexity index is 498. The van der Waals surface area contributed by atoms with Crippen LogP contribution in [0, 0.1) is 0 Å². The second-order valence-corrected chi connectivity index (χ2v) is 7.36. The highest BCUT2D eigenvalue weighted by Crippen LogP contribution is 2.17. The molecule has 1 aliphatic rings. The van der Waals surface area contributed by atoms with Gasteiger partial charge < -0.3 is 15.5 Å². The zero-order valence-electron chi connectivity index (χ0n) is 14.6. The first kappa shape index (κ1) is 18.8. The van der Waals surface area contributed by atoms with Crippen LogP contribution in [-0.4, -0.2) is 36.0 Å². The van der Waals surface area contributed by atoms with E-state index in [1.807, 2.05) is 23.3 Å². The molecular formula is C18H29N3O2S. The molecule has 3 amide bonds. The number of nitrogens with one attached hydrogen (secondary N) is 2. The maximum atomic E-state index is 12.3. The van der Waals surface area contributed by atoms with Gasteiger partial charge in [0, 0.05) is 30.4 Å². The van der Waals surface area contributed by atoms with Gasteiger partial charge in [-0.05, 0) is 37.6 Å². The normalized spacial score (nSPS) is 15.0. The van der Waals surface area contributed by atoms with E-state index in [1.54, 1.807) is 11.3 Å². The van der Waals surface area contributed by atoms with Crippen LogP contribution in [0.3, 0.4) is 0 Å². The molecule has 0 bridgehead atoms. The molecule has 2 rings (SSSR count). The van der Waals surface area contributed by atoms with Gasteiger partial charge in [-0.1, -0.05) is 25.3 Å². The third-order valence-electron chi connectivity index (χ3n) is 4.45. The third kappa shape index (κ3) is 6.51. The minimum Gasteiger partial charge on any atom is -0.338 e. The molecule has 6 heteroatoms. The van der Waals surface area contributed by atoms with Crippen LogP contribution in [0.15, 0.2) is 17.5 Å². The highest BCUT2D eigenvalue weighted by atomic mass is 32.1. The Labute approximate surface area is 148 Å². The van der Waals surface area contributed by atoms with Gasteiger partial charge in [0.2, 0.25) is 5.91 Å². The van der Waals surface area contributed by atoms with Crippen molar-refractivity contribution in [2.75, 3.05) is 13.1 Å². The van der Waals surface area contributed by atoms with Gasteiger partial charge in [-0.25, -0.2) is 4.79 Å². The summed E-state index contributed by atoms with van der Waals surface area (Å²) >= 11 is 1.67. The average molecular weight is 352 g/mol. The molecule has 1 aromatic heterocycles. The lowest BCUT2D eigenvalue weighted by atomic mass is 9.96. The fraction of sp³-hybridized carbons (Fsp3) is 0.667. The zero-order chi connectivity index (χ0) is 17.2. The smallest absolute Gasteiger partial charge is 0.315 e. The van der Waals surface area contributed by atoms with Crippen molar-refractivity contribution in [3.05, 3.63) is 22.4 Å². The maximum absolute atomic E-state index is 12.3. The summed E-state index contributed by atoms with van der Waals surface area (Å²) in [5.74, 6) is 0.153. The summed E-state index contributed by atoms with van der Waals surface area (Å²) in [6.07, 6.45) is 7.01. The van der Waals surface area contributed by atoms with Gasteiger partial charge >= 0.3 is 6.03 Å². The van der Waals surface area contributed by atoms with E-state index in [0.29, 0.717) is 38.5 Å². The summed E-state index contributed by atoms with van der Waals surface area (Å²) in [6, 6.07) is 4.28. The summed E-state index contributed by atoms with van der Waals surface area (Å²) in [5.41, 5.74) is 0. The molecule has 0 atom stereocenters. The number of urea groups is 1. The third-order valence-corrected chi connectivity index (χ3v) is 5.32. The molecule has 0 radical (unpaired) electrons. The summed E-state index contributed by atoms with van der Waals surface area (Å²) in [5, 5.41) is 7.93. The van der Waals surface area contributed by atoms with Crippen molar-refractivity contribution in [2.24, 2.45) is 0 Å². The predicted molar refractivity (Wildman–Crippen MR) is 98.1 cm³/mol. The molecule has 2 N–H and O–H groups in total. The molecule has 0 spiro atoms. The Morgan fingerprint density at radius 3 is 2.75 bits per heavy atom. The van der Waals surface area contributed by atoms with E-state index in [2.05, 4.69) is 16.7 Å². The lowest BCUT2D eigenvalue weighted by Crippen LogP contribution is -2.43. The first-order valence-electron chi connectivity index (χ1n) is 9.03. The van der Waals surface area contributed by atoms with Crippen LogP contribution in [0.25, 0.3) is 0 Å². The number of hydrogen-bond donors (Lipinski definition) is 2. The zero-order valence-corrected chi connectivity index (χ0v) is 15.4. The second kappa shape index (κ2) is 10.3. The van der Waals surface area contributed by atoms with E-state index in [9.17, 15) is 9.59 Å². The topological polar surface area (TPSA) is 61.4 Å². The summed E-state index contributed by atoms with van der Waals surface area (Å²) < 4.78 is 0. The Morgan fingerprint density at radius 1 is 1.29 bits per heavy atom. The van der Waals surface area contributed by atoms with E-state index in [-0.39, 0.29) is 11.9 Å². The number of thiophene rings is 1. The fourth-order valence-electron chi connectivity index (χ4n) is 3.05. The lowest BCUT2D eigenvalue weighted by molar-refractivity contribution is -0.131. The van der Waals surface area contributed by atoms with Crippen LogP contribution in [-0.2, 0) is 11.3 Å². The number of amides is 3. The first-order chi connectivity index (χ1) is 11.7. The Kier molecular flexibility index (Phi) is 8.08. The number of carbonyl (C=O) groups excluding carboxylic acids is 2. The second-order valence-electron chi connectivity index (χ2n) is 6.33. The molecule has 134 valence electrons. The van der Waals surface area contributed by atoms with Crippen LogP contribution < -0.4 is 10.6 Å². The fourth-order valence-corrected chi connectivity index (χ4v) is 3.77. The van der Waals surface area contributed by atoms with Crippen LogP contribution in [0.1, 0.15) is 56.7 Å². The SMILES string of the molecule is CCN(Cc1cccs1)C(=O)CCCNC(=O)NC1CCCCC1. The van der Waals surface area contributed by atoms with E-state index < -0.39 is 0 Å². The predicted octanol–water partition coefficient (Wildman–Crippen LogP) is 3.51. The van der Waals surface area contributed by atoms with Crippen LogP contribution in [0.2, 0.25) is 0 Å². The van der Waals surface area contributed by atoms with Gasteiger partial charge in [-0.15, -0.1) is 11.3 Å². The van der Waals surface area contributed by atoms with Gasteiger partial charge in [-0.3, -0.25) is 4.79 Å². The summed E-state index contributed by atoms with van der Waals surface area (Å²) in [4.78, 5) is 27.2. The van der Waals surface area contributed by atoms with Crippen molar-refractivity contribution in [3.8, 4) is 0 Å². The number of carbonyl (C=O) groups is 2. The summed E-state index contributed by atoms with van der Waals surface area (Å²) in [7, 11) is 0. The molecule has 1 heterocycles. The largest absolute Gasteiger partial charge is 0.338 e. The molecule has 1 fully saturated rings. The van der Waals surface area contributed by atoms with Crippen molar-refractivity contribution in [3.63, 3.8) is 0 Å². The standard InChI is InChI=1S/C18H29N3O2S/c1-2-21(14-16-10-7-13-24-16)17(22)11-6-12-19-18(23)20-15-8-4-3-5-9-15/h7,10,13,15H,2-6,8-9,11-12,14H2,1H3,(H2,19,20,23). The minimum absolute atomic E-state index is 0.0970. The number of nitrogens with zero attached hydrogens (tertiary/aromatic N) is 1. The van der Waals surface area contributed by atoms with Crippen molar-refractivity contribution in [1.29, 1.82) is 0 Å². The monoisotopic (exact) mass is 351 g/mol. The molecule has 1 aromatic rings. The van der Waals surface area contributed by atoms with Gasteiger partial charge in [-0.2, -0.15) is 0 Å². The van der Waals surface area contributed by atoms with Crippen LogP contribution in [0.4, 0.5) is 4.79 Å². The van der Waals surface area contributed by atoms with Crippen molar-refractivity contribution < 1.29 is 9.59 Å². The van der Waals surface area contributed by atoms with E-state index in [0.717, 1.165) is 12.8 Å². The van der Waals surface area contributed by atoms with Crippen molar-refractivity contribution in [1.82, 2.24) is 15.5 Å². The quantitative estimate of drug-likeness (QED) is 0.704. The first-order valence-corrected chi connectivity index (χ1v) is 9.91. The number of rotatable bonds is 8. The van der Waals surface area contributed by atoms with Gasteiger partial charge in [0.1, 0.15) is 0 Å². The van der Waals surface area contributed by atoms with Gasteiger partial charge in [0.05, 0.1) is 6.54 Å². The van der Waals surface area contributed by atoms with Gasteiger partial charge in [0.25, 0.3) is 0 Å². The molecule has 5 nitrogen and oxygen atoms in total. The van der Waals surface area contributed by atoms with Gasteiger partial charge in [0.15, 0.2) is 0 Å². The molecular weight excluding hydrogens is 322 g/mol. The van der Waals surface area contributed by atoms with Crippen LogP contribution >= 0.6 is 11.3 Å². The average Bonchev–Trinajstić information content (AvgIpc) is 3.10. The molecule has 0 unspecified atom stereocenters. The molecule has 1 aliphatic carbocycles. The maximum Gasteiger partial charge on any atom is 0.315 e. The highest BCUT2D eigenvalue weighted by Gasteiger charge is 2.16. The Balaban J connectivity index is 1.59. The Morgan fingerprint density at radius 2 is 2.08 bits per heavy atom. The summed E-state index contributed by atoms with van der Waals surface area (Å²) in [6.45, 7) is 3.94. The lowest BCUT2D eigenvalue weighted by Gasteiger charge is -2.23. The molecule has 0 aliphatic heterocycles. The molecule has 0 aromatic carbocycles. The minimum atomic E-state index is -0.0970. The molecule has 0 saturated heterocycles. The van der Waals surface area contributed by atoms with E-state index >= 15 is 0 Å². The van der Waals surface area contributed by atoms with Crippen molar-refractivity contribution in [2.45, 2.75) is 64.5 Å². The van der Waals surface area contributed by atoms with Crippen LogP contribution in [0.5, 0.6) is 0 Å². The van der Waals surface area contributed by atoms with E-state index in [1.165, 1.54) is 24.1 Å². The molecule has 1 saturated carbocycles. The Hall–Kier alpha value is -1.56. The highest BCUT2D eigenvalue weighted by molar-refractivity contribution is 7.09. The number of hydrogen-bond acceptors (Lipinski definition) is 3. The van der Waals surface area contributed by atoms with Crippen molar-refractivity contribution >= 4 is 23.3 Å². The molecule has 24 heavy (non-hydrogen) atoms. The van der Waals surface area contributed by atoms with E-state index in [4.69, 9.17) is 0 Å².